The number of hydrogen-bond donors (Lipinski definition) is 2. The van der Waals surface area contributed by atoms with Crippen molar-refractivity contribution in [2.24, 2.45) is 0 Å². The smallest absolute Gasteiger partial charge is 0.130 e. The fourth-order valence-corrected chi connectivity index (χ4v) is 2.80. The summed E-state index contributed by atoms with van der Waals surface area (Å²) in [6.45, 7) is 8.86. The number of nitrogen functional groups attached to an aromatic ring is 1. The number of nitrogens with two attached hydrogens (primary N) is 1. The zero-order chi connectivity index (χ0) is 15.2. The molecule has 0 amide bonds. The van der Waals surface area contributed by atoms with Gasteiger partial charge in [-0.3, -0.25) is 4.90 Å². The van der Waals surface area contributed by atoms with E-state index in [-0.39, 0.29) is 0 Å². The highest BCUT2D eigenvalue weighted by molar-refractivity contribution is 5.60. The van der Waals surface area contributed by atoms with Gasteiger partial charge in [-0.25, -0.2) is 4.98 Å². The van der Waals surface area contributed by atoms with E-state index in [1.165, 1.54) is 0 Å². The van der Waals surface area contributed by atoms with Crippen molar-refractivity contribution >= 4 is 17.3 Å². The molecule has 0 radical (unpaired) electrons. The molecule has 3 rings (SSSR count). The van der Waals surface area contributed by atoms with Crippen molar-refractivity contribution < 1.29 is 9.47 Å². The van der Waals surface area contributed by atoms with Gasteiger partial charge in [-0.1, -0.05) is 0 Å². The second-order valence-electron chi connectivity index (χ2n) is 5.62. The summed E-state index contributed by atoms with van der Waals surface area (Å²) >= 11 is 0. The molecule has 3 heterocycles. The van der Waals surface area contributed by atoms with Crippen molar-refractivity contribution in [3.05, 3.63) is 12.1 Å². The van der Waals surface area contributed by atoms with Crippen LogP contribution in [0.4, 0.5) is 17.3 Å². The van der Waals surface area contributed by atoms with Gasteiger partial charge in [0.15, 0.2) is 0 Å². The third-order valence-electron chi connectivity index (χ3n) is 4.04. The topological polar surface area (TPSA) is 75.9 Å². The molecule has 0 unspecified atom stereocenters. The molecule has 1 aromatic heterocycles. The Bertz CT molecular complexity index is 473. The van der Waals surface area contributed by atoms with Gasteiger partial charge in [-0.2, -0.15) is 0 Å². The van der Waals surface area contributed by atoms with Crippen LogP contribution in [-0.4, -0.2) is 75.6 Å². The number of ether oxygens (including phenoxy) is 2. The average Bonchev–Trinajstić information content (AvgIpc) is 2.56. The van der Waals surface area contributed by atoms with E-state index in [1.54, 1.807) is 0 Å². The van der Waals surface area contributed by atoms with E-state index < -0.39 is 0 Å². The fraction of sp³-hybridized carbons (Fsp3) is 0.667. The summed E-state index contributed by atoms with van der Waals surface area (Å²) in [6, 6.07) is 4.00. The Balaban J connectivity index is 1.54. The summed E-state index contributed by atoms with van der Waals surface area (Å²) in [6.07, 6.45) is 0. The van der Waals surface area contributed by atoms with Crippen molar-refractivity contribution in [2.45, 2.75) is 0 Å². The van der Waals surface area contributed by atoms with E-state index >= 15 is 0 Å². The normalized spacial score (nSPS) is 20.1. The van der Waals surface area contributed by atoms with Gasteiger partial charge in [0.1, 0.15) is 11.6 Å². The quantitative estimate of drug-likeness (QED) is 0.807. The SMILES string of the molecule is Nc1cc(N2CCOCC2)cc(NCCN2CCOCC2)n1. The number of aromatic nitrogens is 1. The second-order valence-corrected chi connectivity index (χ2v) is 5.62. The molecule has 1 aromatic rings. The van der Waals surface area contributed by atoms with Gasteiger partial charge in [0.25, 0.3) is 0 Å². The van der Waals surface area contributed by atoms with Crippen LogP contribution in [0.5, 0.6) is 0 Å². The van der Waals surface area contributed by atoms with E-state index in [9.17, 15) is 0 Å². The fourth-order valence-electron chi connectivity index (χ4n) is 2.80. The highest BCUT2D eigenvalue weighted by Crippen LogP contribution is 2.21. The number of morpholine rings is 2. The Kier molecular flexibility index (Phi) is 5.31. The third kappa shape index (κ3) is 4.22. The van der Waals surface area contributed by atoms with E-state index in [2.05, 4.69) is 26.2 Å². The van der Waals surface area contributed by atoms with Crippen LogP contribution in [0.15, 0.2) is 12.1 Å². The van der Waals surface area contributed by atoms with Crippen LogP contribution in [0.25, 0.3) is 0 Å². The summed E-state index contributed by atoms with van der Waals surface area (Å²) in [5.74, 6) is 1.40. The molecule has 0 spiro atoms. The first-order valence-electron chi connectivity index (χ1n) is 7.95. The molecular weight excluding hydrogens is 282 g/mol. The Labute approximate surface area is 131 Å². The lowest BCUT2D eigenvalue weighted by molar-refractivity contribution is 0.0398. The lowest BCUT2D eigenvalue weighted by atomic mass is 10.3. The predicted octanol–water partition coefficient (Wildman–Crippen LogP) is 0.245. The highest BCUT2D eigenvalue weighted by atomic mass is 16.5. The maximum Gasteiger partial charge on any atom is 0.130 e. The molecule has 7 nitrogen and oxygen atoms in total. The lowest BCUT2D eigenvalue weighted by Crippen LogP contribution is -2.39. The van der Waals surface area contributed by atoms with E-state index in [0.717, 1.165) is 77.2 Å². The molecular formula is C15H25N5O2. The van der Waals surface area contributed by atoms with Crippen LogP contribution in [0.2, 0.25) is 0 Å². The standard InChI is InChI=1S/C15H25N5O2/c16-14-11-13(20-5-9-22-10-6-20)12-15(18-14)17-1-2-19-3-7-21-8-4-19/h11-12H,1-10H2,(H3,16,17,18). The van der Waals surface area contributed by atoms with Gasteiger partial charge in [-0.15, -0.1) is 0 Å². The Hall–Kier alpha value is -1.57. The molecule has 0 aromatic carbocycles. The van der Waals surface area contributed by atoms with Crippen molar-refractivity contribution in [1.82, 2.24) is 9.88 Å². The van der Waals surface area contributed by atoms with Gasteiger partial charge >= 0.3 is 0 Å². The van der Waals surface area contributed by atoms with Gasteiger partial charge < -0.3 is 25.4 Å². The molecule has 2 aliphatic heterocycles. The molecule has 0 saturated carbocycles. The Morgan fingerprint density at radius 2 is 1.73 bits per heavy atom. The van der Waals surface area contributed by atoms with Crippen LogP contribution >= 0.6 is 0 Å². The molecule has 7 heteroatoms. The Morgan fingerprint density at radius 1 is 1.05 bits per heavy atom. The van der Waals surface area contributed by atoms with E-state index in [1.807, 2.05) is 6.07 Å². The molecule has 22 heavy (non-hydrogen) atoms. The molecule has 0 atom stereocenters. The minimum atomic E-state index is 0.554. The number of rotatable bonds is 5. The predicted molar refractivity (Wildman–Crippen MR) is 87.4 cm³/mol. The lowest BCUT2D eigenvalue weighted by Gasteiger charge is -2.29. The van der Waals surface area contributed by atoms with Crippen molar-refractivity contribution in [3.8, 4) is 0 Å². The largest absolute Gasteiger partial charge is 0.384 e. The maximum absolute atomic E-state index is 5.94. The molecule has 3 N–H and O–H groups in total. The average molecular weight is 307 g/mol. The van der Waals surface area contributed by atoms with Gasteiger partial charge in [0, 0.05) is 57.1 Å². The summed E-state index contributed by atoms with van der Waals surface area (Å²) in [5.41, 5.74) is 7.06. The van der Waals surface area contributed by atoms with E-state index in [0.29, 0.717) is 5.82 Å². The monoisotopic (exact) mass is 307 g/mol. The molecule has 2 fully saturated rings. The summed E-state index contributed by atoms with van der Waals surface area (Å²) in [5, 5.41) is 3.38. The second kappa shape index (κ2) is 7.62. The third-order valence-corrected chi connectivity index (χ3v) is 4.04. The Morgan fingerprint density at radius 3 is 2.45 bits per heavy atom. The van der Waals surface area contributed by atoms with Crippen LogP contribution in [-0.2, 0) is 9.47 Å². The first-order chi connectivity index (χ1) is 10.8. The number of nitrogens with zero attached hydrogens (tertiary/aromatic N) is 3. The highest BCUT2D eigenvalue weighted by Gasteiger charge is 2.13. The molecule has 0 aliphatic carbocycles. The maximum atomic E-state index is 5.94. The number of hydrogen-bond acceptors (Lipinski definition) is 7. The van der Waals surface area contributed by atoms with Crippen LogP contribution < -0.4 is 16.0 Å². The first-order valence-corrected chi connectivity index (χ1v) is 7.95. The summed E-state index contributed by atoms with van der Waals surface area (Å²) in [4.78, 5) is 9.06. The number of anilines is 3. The van der Waals surface area contributed by atoms with Crippen molar-refractivity contribution in [2.75, 3.05) is 81.6 Å². The van der Waals surface area contributed by atoms with Gasteiger partial charge in [0.2, 0.25) is 0 Å². The van der Waals surface area contributed by atoms with Crippen LogP contribution in [0.1, 0.15) is 0 Å². The molecule has 2 aliphatic rings. The number of pyridine rings is 1. The van der Waals surface area contributed by atoms with Crippen molar-refractivity contribution in [3.63, 3.8) is 0 Å². The van der Waals surface area contributed by atoms with Crippen LogP contribution in [0.3, 0.4) is 0 Å². The molecule has 122 valence electrons. The van der Waals surface area contributed by atoms with Crippen LogP contribution in [0, 0.1) is 0 Å². The summed E-state index contributed by atoms with van der Waals surface area (Å²) in [7, 11) is 0. The van der Waals surface area contributed by atoms with Gasteiger partial charge in [0.05, 0.1) is 26.4 Å². The number of nitrogens with one attached hydrogen (secondary N) is 1. The molecule has 0 bridgehead atoms. The van der Waals surface area contributed by atoms with Gasteiger partial charge in [-0.05, 0) is 0 Å². The zero-order valence-electron chi connectivity index (χ0n) is 13.0. The molecule has 2 saturated heterocycles. The minimum Gasteiger partial charge on any atom is -0.384 e. The first kappa shape index (κ1) is 15.3. The summed E-state index contributed by atoms with van der Waals surface area (Å²) < 4.78 is 10.8. The van der Waals surface area contributed by atoms with E-state index in [4.69, 9.17) is 15.2 Å². The minimum absolute atomic E-state index is 0.554. The van der Waals surface area contributed by atoms with Crippen molar-refractivity contribution in [1.29, 1.82) is 0 Å². The zero-order valence-corrected chi connectivity index (χ0v) is 13.0.